The molecule has 0 unspecified atom stereocenters. The molecular formula is C12H26O3Si2. The third-order valence-corrected chi connectivity index (χ3v) is 3.13. The summed E-state index contributed by atoms with van der Waals surface area (Å²) < 4.78 is 11.3. The van der Waals surface area contributed by atoms with E-state index in [0.29, 0.717) is 5.76 Å². The van der Waals surface area contributed by atoms with E-state index < -0.39 is 16.6 Å². The van der Waals surface area contributed by atoms with E-state index in [2.05, 4.69) is 19.6 Å². The van der Waals surface area contributed by atoms with Crippen LogP contribution in [0.2, 0.25) is 39.3 Å². The number of carbonyl (C=O) groups excluding carboxylic acids is 1. The molecule has 17 heavy (non-hydrogen) atoms. The van der Waals surface area contributed by atoms with E-state index in [1.54, 1.807) is 0 Å². The summed E-state index contributed by atoms with van der Waals surface area (Å²) in [6.07, 6.45) is 1.85. The second-order valence-corrected chi connectivity index (χ2v) is 15.3. The number of hydrogen-bond acceptors (Lipinski definition) is 3. The molecule has 0 aliphatic heterocycles. The Morgan fingerprint density at radius 2 is 1.35 bits per heavy atom. The lowest BCUT2D eigenvalue weighted by atomic mass is 10.2. The standard InChI is InChI=1S/C12H26O3Si2/c1-10(2)9-11(14-16(3,4)5)12(13)15-17(6,7)8/h9-10H,1-8H3/b11-9-. The van der Waals surface area contributed by atoms with Crippen LogP contribution in [0.3, 0.4) is 0 Å². The molecule has 0 aliphatic rings. The lowest BCUT2D eigenvalue weighted by Crippen LogP contribution is -2.34. The molecule has 0 aromatic heterocycles. The Hall–Kier alpha value is -0.556. The van der Waals surface area contributed by atoms with Gasteiger partial charge in [-0.05, 0) is 51.3 Å². The first-order chi connectivity index (χ1) is 7.41. The monoisotopic (exact) mass is 274 g/mol. The minimum absolute atomic E-state index is 0.274. The number of rotatable bonds is 5. The van der Waals surface area contributed by atoms with Crippen molar-refractivity contribution in [2.45, 2.75) is 53.1 Å². The van der Waals surface area contributed by atoms with Crippen LogP contribution in [0.5, 0.6) is 0 Å². The third kappa shape index (κ3) is 9.17. The van der Waals surface area contributed by atoms with Crippen LogP contribution in [0.1, 0.15) is 13.8 Å². The molecule has 0 aliphatic carbocycles. The first-order valence-electron chi connectivity index (χ1n) is 6.05. The summed E-state index contributed by atoms with van der Waals surface area (Å²) in [6.45, 7) is 16.2. The maximum atomic E-state index is 12.0. The van der Waals surface area contributed by atoms with Gasteiger partial charge in [0.1, 0.15) is 0 Å². The fourth-order valence-electron chi connectivity index (χ4n) is 1.10. The normalized spacial score (nSPS) is 13.8. The van der Waals surface area contributed by atoms with E-state index in [-0.39, 0.29) is 11.9 Å². The van der Waals surface area contributed by atoms with E-state index in [0.717, 1.165) is 0 Å². The van der Waals surface area contributed by atoms with Gasteiger partial charge in [-0.1, -0.05) is 13.8 Å². The molecule has 0 saturated heterocycles. The summed E-state index contributed by atoms with van der Waals surface area (Å²) in [7, 11) is -3.64. The Morgan fingerprint density at radius 1 is 0.941 bits per heavy atom. The molecule has 0 saturated carbocycles. The number of allylic oxidation sites excluding steroid dienone is 1. The van der Waals surface area contributed by atoms with Crippen molar-refractivity contribution in [3.63, 3.8) is 0 Å². The minimum Gasteiger partial charge on any atom is -0.540 e. The van der Waals surface area contributed by atoms with Crippen molar-refractivity contribution in [2.24, 2.45) is 5.92 Å². The molecule has 0 spiro atoms. The highest BCUT2D eigenvalue weighted by Gasteiger charge is 2.27. The highest BCUT2D eigenvalue weighted by Crippen LogP contribution is 2.16. The average molecular weight is 275 g/mol. The van der Waals surface area contributed by atoms with Gasteiger partial charge in [0.2, 0.25) is 16.6 Å². The van der Waals surface area contributed by atoms with Gasteiger partial charge in [-0.2, -0.15) is 0 Å². The van der Waals surface area contributed by atoms with Crippen LogP contribution in [0, 0.1) is 5.92 Å². The van der Waals surface area contributed by atoms with Gasteiger partial charge in [-0.3, -0.25) is 0 Å². The van der Waals surface area contributed by atoms with E-state index in [4.69, 9.17) is 8.85 Å². The average Bonchev–Trinajstić information content (AvgIpc) is 1.95. The lowest BCUT2D eigenvalue weighted by Gasteiger charge is -2.24. The zero-order chi connectivity index (χ0) is 13.9. The molecule has 0 radical (unpaired) electrons. The Kier molecular flexibility index (Phi) is 5.67. The Morgan fingerprint density at radius 3 is 1.65 bits per heavy atom. The molecule has 5 heteroatoms. The van der Waals surface area contributed by atoms with Gasteiger partial charge in [0.05, 0.1) is 0 Å². The molecule has 0 rings (SSSR count). The van der Waals surface area contributed by atoms with Crippen molar-refractivity contribution >= 4 is 22.6 Å². The highest BCUT2D eigenvalue weighted by atomic mass is 28.4. The van der Waals surface area contributed by atoms with Gasteiger partial charge >= 0.3 is 5.97 Å². The fourth-order valence-corrected chi connectivity index (χ4v) is 2.57. The van der Waals surface area contributed by atoms with Gasteiger partial charge in [0.15, 0.2) is 5.76 Å². The summed E-state index contributed by atoms with van der Waals surface area (Å²) >= 11 is 0. The fraction of sp³-hybridized carbons (Fsp3) is 0.750. The van der Waals surface area contributed by atoms with Crippen LogP contribution < -0.4 is 0 Å². The summed E-state index contributed by atoms with van der Waals surface area (Å²) in [5, 5.41) is 0. The second-order valence-electron chi connectivity index (χ2n) is 6.49. The SMILES string of the molecule is CC(C)/C=C(\O[Si](C)(C)C)C(=O)O[Si](C)(C)C. The second kappa shape index (κ2) is 5.86. The summed E-state index contributed by atoms with van der Waals surface area (Å²) in [4.78, 5) is 12.0. The maximum Gasteiger partial charge on any atom is 0.358 e. The van der Waals surface area contributed by atoms with Crippen LogP contribution in [0.15, 0.2) is 11.8 Å². The predicted molar refractivity (Wildman–Crippen MR) is 76.8 cm³/mol. The van der Waals surface area contributed by atoms with E-state index in [9.17, 15) is 4.79 Å². The smallest absolute Gasteiger partial charge is 0.358 e. The third-order valence-electron chi connectivity index (χ3n) is 1.50. The summed E-state index contributed by atoms with van der Waals surface area (Å²) in [5.74, 6) is 0.359. The zero-order valence-corrected chi connectivity index (χ0v) is 14.4. The molecule has 100 valence electrons. The molecule has 0 atom stereocenters. The number of carbonyl (C=O) groups is 1. The Labute approximate surface area is 107 Å². The van der Waals surface area contributed by atoms with Crippen molar-refractivity contribution in [1.82, 2.24) is 0 Å². The van der Waals surface area contributed by atoms with Crippen LogP contribution in [0.25, 0.3) is 0 Å². The molecule has 0 aromatic carbocycles. The highest BCUT2D eigenvalue weighted by molar-refractivity contribution is 6.72. The maximum absolute atomic E-state index is 12.0. The van der Waals surface area contributed by atoms with Crippen molar-refractivity contribution < 1.29 is 13.6 Å². The molecule has 0 N–H and O–H groups in total. The van der Waals surface area contributed by atoms with E-state index in [1.807, 2.05) is 39.6 Å². The van der Waals surface area contributed by atoms with Crippen LogP contribution >= 0.6 is 0 Å². The first-order valence-corrected chi connectivity index (χ1v) is 12.9. The topological polar surface area (TPSA) is 35.5 Å². The first kappa shape index (κ1) is 16.4. The van der Waals surface area contributed by atoms with Crippen LogP contribution in [0.4, 0.5) is 0 Å². The van der Waals surface area contributed by atoms with Crippen LogP contribution in [-0.4, -0.2) is 22.6 Å². The summed E-state index contributed by atoms with van der Waals surface area (Å²) in [6, 6.07) is 0. The molecular weight excluding hydrogens is 248 g/mol. The van der Waals surface area contributed by atoms with Gasteiger partial charge in [0.25, 0.3) is 0 Å². The molecule has 0 amide bonds. The van der Waals surface area contributed by atoms with Crippen molar-refractivity contribution in [2.75, 3.05) is 0 Å². The van der Waals surface area contributed by atoms with Gasteiger partial charge in [-0.15, -0.1) is 0 Å². The number of hydrogen-bond donors (Lipinski definition) is 0. The predicted octanol–water partition coefficient (Wildman–Crippen LogP) is 3.76. The van der Waals surface area contributed by atoms with Crippen molar-refractivity contribution in [1.29, 1.82) is 0 Å². The zero-order valence-electron chi connectivity index (χ0n) is 12.4. The molecule has 0 heterocycles. The van der Waals surface area contributed by atoms with E-state index in [1.165, 1.54) is 0 Å². The lowest BCUT2D eigenvalue weighted by molar-refractivity contribution is -0.133. The van der Waals surface area contributed by atoms with Crippen molar-refractivity contribution in [3.8, 4) is 0 Å². The minimum atomic E-state index is -1.86. The van der Waals surface area contributed by atoms with Crippen molar-refractivity contribution in [3.05, 3.63) is 11.8 Å². The Balaban J connectivity index is 4.89. The van der Waals surface area contributed by atoms with Crippen LogP contribution in [-0.2, 0) is 13.6 Å². The van der Waals surface area contributed by atoms with E-state index >= 15 is 0 Å². The Bertz CT molecular complexity index is 296. The van der Waals surface area contributed by atoms with Gasteiger partial charge < -0.3 is 8.85 Å². The largest absolute Gasteiger partial charge is 0.540 e. The molecule has 3 nitrogen and oxygen atoms in total. The summed E-state index contributed by atoms with van der Waals surface area (Å²) in [5.41, 5.74) is 0. The molecule has 0 aromatic rings. The van der Waals surface area contributed by atoms with Gasteiger partial charge in [-0.25, -0.2) is 4.79 Å². The quantitative estimate of drug-likeness (QED) is 0.435. The molecule has 0 bridgehead atoms. The van der Waals surface area contributed by atoms with Gasteiger partial charge in [0, 0.05) is 0 Å². The molecule has 0 fully saturated rings.